The second-order valence-corrected chi connectivity index (χ2v) is 20.9. The zero-order chi connectivity index (χ0) is 42.9. The topological polar surface area (TPSA) is 150 Å². The van der Waals surface area contributed by atoms with E-state index in [0.717, 1.165) is 4.31 Å². The van der Waals surface area contributed by atoms with E-state index in [-0.39, 0.29) is 24.3 Å². The number of morpholine rings is 1. The zero-order valence-corrected chi connectivity index (χ0v) is 35.7. The molecule has 316 valence electrons. The molecule has 1 heterocycles. The van der Waals surface area contributed by atoms with E-state index in [1.54, 1.807) is 81.4 Å². The van der Waals surface area contributed by atoms with Crippen LogP contribution < -0.4 is 9.03 Å². The summed E-state index contributed by atoms with van der Waals surface area (Å²) in [4.78, 5) is 27.6. The number of ether oxygens (including phenoxy) is 1. The van der Waals surface area contributed by atoms with Crippen molar-refractivity contribution in [1.29, 1.82) is 0 Å². The third-order valence-corrected chi connectivity index (χ3v) is 16.4. The lowest BCUT2D eigenvalue weighted by molar-refractivity contribution is -0.183. The highest BCUT2D eigenvalue weighted by molar-refractivity contribution is 7.94. The van der Waals surface area contributed by atoms with Gasteiger partial charge < -0.3 is 14.7 Å². The Balaban J connectivity index is 0.000000326. The zero-order valence-electron chi connectivity index (χ0n) is 32.5. The van der Waals surface area contributed by atoms with Crippen molar-refractivity contribution in [2.24, 2.45) is 0 Å². The van der Waals surface area contributed by atoms with Gasteiger partial charge in [-0.3, -0.25) is 18.6 Å². The average Bonchev–Trinajstić information content (AvgIpc) is 4.13. The Morgan fingerprint density at radius 2 is 1.47 bits per heavy atom. The number of carbonyl (C=O) groups excluding carboxylic acids is 1. The number of aliphatic carboxylic acids is 1. The minimum absolute atomic E-state index is 0.0191. The SMILES string of the molecule is CC1(S(=O)(=O)Nc2ccccc2F)CC1.CC[C@@H](CN(c1ccccc1F)S(=O)(=O)C1(C)CC1)N1C(=O)[C@H](CC(=O)O)O[C@H](c2cccc(Cl)c2)[C@H]1c1ccc(Cl)cc1. The summed E-state index contributed by atoms with van der Waals surface area (Å²) < 4.78 is 87.9. The molecule has 4 aromatic carbocycles. The van der Waals surface area contributed by atoms with Gasteiger partial charge >= 0.3 is 5.97 Å². The smallest absolute Gasteiger partial charge is 0.306 e. The van der Waals surface area contributed by atoms with Gasteiger partial charge in [-0.15, -0.1) is 0 Å². The molecule has 0 spiro atoms. The van der Waals surface area contributed by atoms with Crippen molar-refractivity contribution in [2.45, 2.75) is 93.1 Å². The molecule has 0 bridgehead atoms. The number of nitrogens with one attached hydrogen (secondary N) is 1. The van der Waals surface area contributed by atoms with Crippen LogP contribution in [-0.4, -0.2) is 66.9 Å². The second-order valence-electron chi connectivity index (χ2n) is 15.5. The van der Waals surface area contributed by atoms with Gasteiger partial charge in [0.25, 0.3) is 5.91 Å². The molecule has 7 rings (SSSR count). The van der Waals surface area contributed by atoms with Gasteiger partial charge in [0.1, 0.15) is 23.8 Å². The van der Waals surface area contributed by atoms with Crippen molar-refractivity contribution in [3.63, 3.8) is 0 Å². The minimum Gasteiger partial charge on any atom is -0.481 e. The van der Waals surface area contributed by atoms with Crippen LogP contribution in [0.15, 0.2) is 97.1 Å². The standard InChI is InChI=1S/C32H33Cl2FN2O6S.C10H12FNO2S/c1-3-24(19-36(26-10-5-4-9-25(26)35)44(41,42)32(2)15-16-32)37-29(20-11-13-22(33)14-12-20)30(21-7-6-8-23(34)17-21)43-27(31(37)40)18-28(38)39;1-10(6-7-10)15(13,14)12-9-5-3-2-4-8(9)11/h4-14,17,24,27,29-30H,3,15-16,18-19H2,1-2H3,(H,38,39);2-5,12H,6-7H2,1H3/t24-,27-,29+,30+;/m0./s1. The van der Waals surface area contributed by atoms with Gasteiger partial charge in [0.2, 0.25) is 20.0 Å². The van der Waals surface area contributed by atoms with Crippen LogP contribution in [0.2, 0.25) is 10.0 Å². The number of hydrogen-bond acceptors (Lipinski definition) is 7. The highest BCUT2D eigenvalue weighted by Crippen LogP contribution is 2.48. The Hall–Kier alpha value is -4.28. The fourth-order valence-corrected chi connectivity index (χ4v) is 10.5. The van der Waals surface area contributed by atoms with E-state index in [2.05, 4.69) is 4.72 Å². The number of nitrogens with zero attached hydrogens (tertiary/aromatic N) is 2. The lowest BCUT2D eigenvalue weighted by Gasteiger charge is -2.49. The Morgan fingerprint density at radius 3 is 2.03 bits per heavy atom. The molecule has 3 fully saturated rings. The fourth-order valence-electron chi connectivity index (χ4n) is 6.94. The van der Waals surface area contributed by atoms with Crippen LogP contribution in [-0.2, 0) is 34.4 Å². The van der Waals surface area contributed by atoms with Crippen molar-refractivity contribution >= 4 is 66.5 Å². The molecule has 1 saturated heterocycles. The Labute approximate surface area is 353 Å². The predicted octanol–water partition coefficient (Wildman–Crippen LogP) is 8.90. The van der Waals surface area contributed by atoms with Crippen LogP contribution >= 0.6 is 23.2 Å². The Morgan fingerprint density at radius 1 is 0.864 bits per heavy atom. The number of anilines is 2. The average molecular weight is 893 g/mol. The molecule has 17 heteroatoms. The first-order chi connectivity index (χ1) is 27.8. The molecular formula is C42H45Cl2F2N3O8S2. The van der Waals surface area contributed by atoms with Gasteiger partial charge in [0.05, 0.1) is 45.9 Å². The van der Waals surface area contributed by atoms with Gasteiger partial charge in [-0.25, -0.2) is 25.6 Å². The molecule has 4 aromatic rings. The monoisotopic (exact) mass is 891 g/mol. The van der Waals surface area contributed by atoms with Gasteiger partial charge in [-0.1, -0.05) is 78.7 Å². The van der Waals surface area contributed by atoms with Crippen LogP contribution in [0.1, 0.15) is 82.6 Å². The summed E-state index contributed by atoms with van der Waals surface area (Å²) in [5, 5.41) is 10.6. The number of para-hydroxylation sites is 2. The number of amides is 1. The molecule has 0 aromatic heterocycles. The largest absolute Gasteiger partial charge is 0.481 e. The van der Waals surface area contributed by atoms with Gasteiger partial charge in [0, 0.05) is 10.0 Å². The maximum atomic E-state index is 15.3. The number of benzene rings is 4. The number of rotatable bonds is 14. The number of sulfonamides is 2. The quantitative estimate of drug-likeness (QED) is 0.128. The number of hydrogen-bond donors (Lipinski definition) is 2. The van der Waals surface area contributed by atoms with Crippen LogP contribution in [0.4, 0.5) is 20.2 Å². The highest BCUT2D eigenvalue weighted by Gasteiger charge is 2.55. The fraction of sp³-hybridized carbons (Fsp3) is 0.381. The summed E-state index contributed by atoms with van der Waals surface area (Å²) in [6.07, 6.45) is -0.442. The molecule has 11 nitrogen and oxygen atoms in total. The summed E-state index contributed by atoms with van der Waals surface area (Å²) in [7, 11) is -7.51. The summed E-state index contributed by atoms with van der Waals surface area (Å²) in [6, 6.07) is 23.5. The first-order valence-corrected chi connectivity index (χ1v) is 22.7. The Kier molecular flexibility index (Phi) is 13.0. The number of carbonyl (C=O) groups is 2. The van der Waals surface area contributed by atoms with Crippen molar-refractivity contribution < 1.29 is 45.0 Å². The first-order valence-electron chi connectivity index (χ1n) is 19.0. The maximum absolute atomic E-state index is 15.3. The Bertz CT molecular complexity index is 2420. The molecule has 2 saturated carbocycles. The number of halogens is 4. The molecule has 0 radical (unpaired) electrons. The second kappa shape index (κ2) is 17.4. The summed E-state index contributed by atoms with van der Waals surface area (Å²) in [6.45, 7) is 4.84. The van der Waals surface area contributed by atoms with E-state index < -0.39 is 83.8 Å². The van der Waals surface area contributed by atoms with Crippen LogP contribution in [0.3, 0.4) is 0 Å². The van der Waals surface area contributed by atoms with Gasteiger partial charge in [-0.2, -0.15) is 0 Å². The normalized spacial score (nSPS) is 21.1. The molecule has 2 aliphatic carbocycles. The van der Waals surface area contributed by atoms with E-state index in [0.29, 0.717) is 46.9 Å². The molecule has 1 amide bonds. The van der Waals surface area contributed by atoms with E-state index in [1.165, 1.54) is 41.3 Å². The molecule has 3 aliphatic rings. The first kappa shape index (κ1) is 44.3. The lowest BCUT2D eigenvalue weighted by atomic mass is 9.89. The van der Waals surface area contributed by atoms with E-state index in [4.69, 9.17) is 27.9 Å². The highest BCUT2D eigenvalue weighted by atomic mass is 35.5. The van der Waals surface area contributed by atoms with E-state index in [9.17, 15) is 35.9 Å². The van der Waals surface area contributed by atoms with Gasteiger partial charge in [0.15, 0.2) is 0 Å². The van der Waals surface area contributed by atoms with Crippen LogP contribution in [0, 0.1) is 11.6 Å². The third-order valence-electron chi connectivity index (χ3n) is 11.1. The van der Waals surface area contributed by atoms with Crippen molar-refractivity contribution in [3.05, 3.63) is 130 Å². The summed E-state index contributed by atoms with van der Waals surface area (Å²) >= 11 is 12.6. The van der Waals surface area contributed by atoms with Crippen molar-refractivity contribution in [1.82, 2.24) is 4.90 Å². The van der Waals surface area contributed by atoms with Crippen LogP contribution in [0.5, 0.6) is 0 Å². The van der Waals surface area contributed by atoms with Crippen molar-refractivity contribution in [3.8, 4) is 0 Å². The predicted molar refractivity (Wildman–Crippen MR) is 223 cm³/mol. The summed E-state index contributed by atoms with van der Waals surface area (Å²) in [5.41, 5.74) is 1.14. The molecule has 0 unspecified atom stereocenters. The molecule has 59 heavy (non-hydrogen) atoms. The molecule has 2 N–H and O–H groups in total. The lowest BCUT2D eigenvalue weighted by Crippen LogP contribution is -2.58. The number of carboxylic acids is 1. The van der Waals surface area contributed by atoms with Crippen molar-refractivity contribution in [2.75, 3.05) is 15.6 Å². The van der Waals surface area contributed by atoms with Crippen LogP contribution in [0.25, 0.3) is 0 Å². The molecule has 1 aliphatic heterocycles. The third kappa shape index (κ3) is 9.54. The molecular weight excluding hydrogens is 848 g/mol. The molecule has 4 atom stereocenters. The maximum Gasteiger partial charge on any atom is 0.306 e. The number of carboxylic acid groups (broad SMARTS) is 1. The van der Waals surface area contributed by atoms with E-state index >= 15 is 4.39 Å². The van der Waals surface area contributed by atoms with Gasteiger partial charge in [-0.05, 0) is 106 Å². The van der Waals surface area contributed by atoms with E-state index in [1.807, 2.05) is 0 Å². The minimum atomic E-state index is -4.06. The summed E-state index contributed by atoms with van der Waals surface area (Å²) in [5.74, 6) is -3.10.